The molecule has 3 aliphatic rings. The van der Waals surface area contributed by atoms with Crippen LogP contribution < -0.4 is 27.4 Å². The highest BCUT2D eigenvalue weighted by Gasteiger charge is 2.46. The summed E-state index contributed by atoms with van der Waals surface area (Å²) in [5, 5.41) is 122. The molecule has 3 fully saturated rings. The summed E-state index contributed by atoms with van der Waals surface area (Å²) < 4.78 is 30.9. The summed E-state index contributed by atoms with van der Waals surface area (Å²) in [5.41, 5.74) is 10.5. The maximum atomic E-state index is 11.8. The quantitative estimate of drug-likeness (QED) is 0.0449. The monoisotopic (exact) mass is 867 g/mol. The Labute approximate surface area is 342 Å². The minimum atomic E-state index is -1.57. The largest absolute Gasteiger partial charge is 0.394 e. The lowest BCUT2D eigenvalue weighted by molar-refractivity contribution is -0.300. The third kappa shape index (κ3) is 19.4. The zero-order chi connectivity index (χ0) is 44.5. The summed E-state index contributed by atoms with van der Waals surface area (Å²) in [6.45, 7) is 1.23. The first-order chi connectivity index (χ1) is 28.1. The molecule has 0 bridgehead atoms. The summed E-state index contributed by atoms with van der Waals surface area (Å²) in [6, 6.07) is 0. The van der Waals surface area contributed by atoms with E-state index in [1.54, 1.807) is 0 Å². The third-order valence-corrected chi connectivity index (χ3v) is 8.99. The van der Waals surface area contributed by atoms with Gasteiger partial charge in [0.2, 0.25) is 11.8 Å². The van der Waals surface area contributed by atoms with Crippen LogP contribution in [0, 0.1) is 0 Å². The minimum absolute atomic E-state index is 0.0109. The average Bonchev–Trinajstić information content (AvgIpc) is 3.23. The summed E-state index contributed by atoms with van der Waals surface area (Å²) in [7, 11) is 0. The fourth-order valence-corrected chi connectivity index (χ4v) is 5.52. The van der Waals surface area contributed by atoms with Crippen LogP contribution in [0.2, 0.25) is 0 Å². The fraction of sp³-hybridized carbons (Fsp3) is 0.941. The number of nitrogens with one attached hydrogen (secondary N) is 3. The molecule has 15 atom stereocenters. The van der Waals surface area contributed by atoms with Crippen LogP contribution in [0.4, 0.5) is 0 Å². The predicted octanol–water partition coefficient (Wildman–Crippen LogP) is -9.27. The van der Waals surface area contributed by atoms with Crippen molar-refractivity contribution in [2.45, 2.75) is 125 Å². The first-order valence-corrected chi connectivity index (χ1v) is 19.5. The molecule has 0 aromatic carbocycles. The molecular formula is C34H69N5O20. The van der Waals surface area contributed by atoms with Gasteiger partial charge in [0.05, 0.1) is 52.7 Å². The van der Waals surface area contributed by atoms with Crippen LogP contribution in [-0.2, 0) is 38.0 Å². The van der Waals surface area contributed by atoms with Crippen molar-refractivity contribution in [3.8, 4) is 0 Å². The number of rotatable bonds is 22. The number of carbonyl (C=O) groups is 2. The Balaban J connectivity index is 0.000000644. The molecule has 25 heteroatoms. The summed E-state index contributed by atoms with van der Waals surface area (Å²) >= 11 is 0. The molecule has 25 nitrogen and oxygen atoms in total. The first kappa shape index (κ1) is 55.1. The number of ether oxygens (including phenoxy) is 6. The van der Waals surface area contributed by atoms with Gasteiger partial charge < -0.3 is 112 Å². The van der Waals surface area contributed by atoms with E-state index in [1.807, 2.05) is 0 Å². The van der Waals surface area contributed by atoms with E-state index >= 15 is 0 Å². The predicted molar refractivity (Wildman–Crippen MR) is 200 cm³/mol. The normalized spacial score (nSPS) is 34.5. The molecule has 350 valence electrons. The molecule has 19 N–H and O–H groups in total. The Morgan fingerprint density at radius 2 is 0.864 bits per heavy atom. The van der Waals surface area contributed by atoms with Gasteiger partial charge in [0, 0.05) is 19.6 Å². The standard InChI is InChI=1S/C20H37N3O14.C8H17NO6.C6H15N/c24-7-9-13(28)15(30)17(32)19(36-9)34-3-1-22-11(26)5-21-6-12(27)23-2-4-35-20-18(33)16(31)14(29)10(8-25)37-20;9-1-2-14-8-7(13)6(12)5(11)4(3-10)15-8;1-2-3-4-5-6-7/h9-10,13-21,24-25,28-33H,1-8H2,(H,22,26)(H,23,27);4-8,10-13H,1-3,9H2;2-7H2,1H3/t9-,10-,13-,14-,15+,16+,17+,18+,19+,20+;4-,5-,6+,7+,8+;/m11./s1. The molecule has 0 saturated carbocycles. The minimum Gasteiger partial charge on any atom is -0.394 e. The molecule has 0 spiro atoms. The number of aliphatic hydroxyl groups is 12. The Hall–Kier alpha value is -1.90. The van der Waals surface area contributed by atoms with E-state index in [2.05, 4.69) is 22.9 Å². The molecule has 0 aromatic heterocycles. The summed E-state index contributed by atoms with van der Waals surface area (Å²) in [4.78, 5) is 23.7. The van der Waals surface area contributed by atoms with E-state index < -0.39 is 124 Å². The van der Waals surface area contributed by atoms with Crippen LogP contribution in [0.5, 0.6) is 0 Å². The highest BCUT2D eigenvalue weighted by atomic mass is 16.7. The number of carbonyl (C=O) groups excluding carboxylic acids is 2. The zero-order valence-corrected chi connectivity index (χ0v) is 33.3. The maximum absolute atomic E-state index is 11.8. The fourth-order valence-electron chi connectivity index (χ4n) is 5.52. The highest BCUT2D eigenvalue weighted by Crippen LogP contribution is 2.23. The number of aliphatic hydroxyl groups excluding tert-OH is 12. The van der Waals surface area contributed by atoms with Gasteiger partial charge >= 0.3 is 0 Å². The highest BCUT2D eigenvalue weighted by molar-refractivity contribution is 5.81. The lowest BCUT2D eigenvalue weighted by atomic mass is 9.99. The Morgan fingerprint density at radius 3 is 1.17 bits per heavy atom. The molecular weight excluding hydrogens is 798 g/mol. The molecule has 0 aliphatic carbocycles. The second-order valence-corrected chi connectivity index (χ2v) is 13.6. The summed E-state index contributed by atoms with van der Waals surface area (Å²) in [6.07, 6.45) is -15.0. The zero-order valence-electron chi connectivity index (χ0n) is 33.3. The Morgan fingerprint density at radius 1 is 0.508 bits per heavy atom. The van der Waals surface area contributed by atoms with Crippen LogP contribution in [-0.4, -0.2) is 244 Å². The van der Waals surface area contributed by atoms with Gasteiger partial charge in [0.15, 0.2) is 18.9 Å². The molecule has 3 rings (SSSR count). The number of hydrogen-bond donors (Lipinski definition) is 17. The molecule has 3 saturated heterocycles. The van der Waals surface area contributed by atoms with Crippen LogP contribution in [0.25, 0.3) is 0 Å². The van der Waals surface area contributed by atoms with Crippen LogP contribution in [0.1, 0.15) is 32.6 Å². The van der Waals surface area contributed by atoms with Crippen LogP contribution in [0.3, 0.4) is 0 Å². The van der Waals surface area contributed by atoms with Crippen molar-refractivity contribution < 1.29 is 99.3 Å². The SMILES string of the molecule is CCCCCCN.NCCO[C@H]1O[C@H](CO)[C@@H](O)[C@H](O)[C@@H]1O.O=C(CNCC(=O)NCCO[C@H]1O[C@H](CO)[C@@H](O)[C@H](O)[C@@H]1O)NCCO[C@H]1O[C@H](CO)[C@@H](O)[C@H](O)[C@@H]1O. The van der Waals surface area contributed by atoms with Gasteiger partial charge in [-0.15, -0.1) is 0 Å². The molecule has 3 aliphatic heterocycles. The Kier molecular flexibility index (Phi) is 29.0. The topological polar surface area (TPSA) is 420 Å². The average molecular weight is 868 g/mol. The number of amides is 2. The van der Waals surface area contributed by atoms with Gasteiger partial charge in [-0.1, -0.05) is 26.2 Å². The lowest BCUT2D eigenvalue weighted by Gasteiger charge is -2.39. The molecule has 3 heterocycles. The van der Waals surface area contributed by atoms with Crippen molar-refractivity contribution in [2.75, 3.05) is 78.9 Å². The number of nitrogens with two attached hydrogens (primary N) is 2. The van der Waals surface area contributed by atoms with Crippen molar-refractivity contribution >= 4 is 11.8 Å². The number of unbranched alkanes of at least 4 members (excludes halogenated alkanes) is 3. The molecule has 0 radical (unpaired) electrons. The van der Waals surface area contributed by atoms with E-state index in [9.17, 15) is 55.5 Å². The lowest BCUT2D eigenvalue weighted by Crippen LogP contribution is -2.59. The Bertz CT molecular complexity index is 1040. The van der Waals surface area contributed by atoms with Crippen molar-refractivity contribution in [2.24, 2.45) is 11.5 Å². The first-order valence-electron chi connectivity index (χ1n) is 19.5. The van der Waals surface area contributed by atoms with Crippen molar-refractivity contribution in [1.29, 1.82) is 0 Å². The second-order valence-electron chi connectivity index (χ2n) is 13.6. The maximum Gasteiger partial charge on any atom is 0.234 e. The van der Waals surface area contributed by atoms with Gasteiger partial charge in [0.1, 0.15) is 73.2 Å². The van der Waals surface area contributed by atoms with E-state index in [0.717, 1.165) is 6.54 Å². The van der Waals surface area contributed by atoms with Gasteiger partial charge in [-0.2, -0.15) is 0 Å². The second kappa shape index (κ2) is 31.0. The molecule has 2 amide bonds. The van der Waals surface area contributed by atoms with Gasteiger partial charge in [-0.05, 0) is 13.0 Å². The summed E-state index contributed by atoms with van der Waals surface area (Å²) in [5.74, 6) is -0.924. The van der Waals surface area contributed by atoms with E-state index in [0.29, 0.717) is 0 Å². The third-order valence-electron chi connectivity index (χ3n) is 8.99. The van der Waals surface area contributed by atoms with Gasteiger partial charge in [0.25, 0.3) is 0 Å². The van der Waals surface area contributed by atoms with Gasteiger partial charge in [-0.3, -0.25) is 14.9 Å². The number of hydrogen-bond acceptors (Lipinski definition) is 23. The van der Waals surface area contributed by atoms with Gasteiger partial charge in [-0.25, -0.2) is 0 Å². The molecule has 0 unspecified atom stereocenters. The van der Waals surface area contributed by atoms with E-state index in [4.69, 9.17) is 55.2 Å². The molecule has 0 aromatic rings. The van der Waals surface area contributed by atoms with Crippen LogP contribution >= 0.6 is 0 Å². The van der Waals surface area contributed by atoms with Crippen molar-refractivity contribution in [3.05, 3.63) is 0 Å². The van der Waals surface area contributed by atoms with E-state index in [-0.39, 0.29) is 52.5 Å². The molecule has 59 heavy (non-hydrogen) atoms. The smallest absolute Gasteiger partial charge is 0.234 e. The van der Waals surface area contributed by atoms with E-state index in [1.165, 1.54) is 25.7 Å². The van der Waals surface area contributed by atoms with Crippen molar-refractivity contribution in [3.63, 3.8) is 0 Å². The van der Waals surface area contributed by atoms with Crippen molar-refractivity contribution in [1.82, 2.24) is 16.0 Å². The van der Waals surface area contributed by atoms with Crippen LogP contribution in [0.15, 0.2) is 0 Å².